The number of aliphatic imine (C=N–C) groups is 1. The Morgan fingerprint density at radius 1 is 0.561 bits per heavy atom. The second kappa shape index (κ2) is 36.0. The molecule has 0 radical (unpaired) electrons. The number of nitrogens with one attached hydrogen (secondary N) is 7. The molecule has 21 N–H and O–H groups in total. The van der Waals surface area contributed by atoms with Crippen LogP contribution in [0, 0.1) is 5.92 Å². The summed E-state index contributed by atoms with van der Waals surface area (Å²) < 4.78 is 0. The van der Waals surface area contributed by atoms with Crippen LogP contribution in [0.25, 0.3) is 0 Å². The fourth-order valence-electron chi connectivity index (χ4n) is 6.86. The first-order valence-corrected chi connectivity index (χ1v) is 23.2. The summed E-state index contributed by atoms with van der Waals surface area (Å²) in [6.07, 6.45) is 6.58. The Hall–Kier alpha value is -5.17. The highest BCUT2D eigenvalue weighted by molar-refractivity contribution is 5.97. The lowest BCUT2D eigenvalue weighted by Gasteiger charge is -2.28. The third kappa shape index (κ3) is 27.3. The highest BCUT2D eigenvalue weighted by atomic mass is 16.4. The molecule has 0 bridgehead atoms. The molecule has 24 heteroatoms. The van der Waals surface area contributed by atoms with E-state index in [1.165, 1.54) is 0 Å². The number of rotatable bonds is 34. The van der Waals surface area contributed by atoms with Crippen molar-refractivity contribution in [2.24, 2.45) is 45.3 Å². The summed E-state index contributed by atoms with van der Waals surface area (Å²) in [5.41, 5.74) is 33.9. The molecule has 0 aromatic heterocycles. The maximum absolute atomic E-state index is 14.1. The molecule has 7 unspecified atom stereocenters. The molecule has 0 spiro atoms. The number of hydrogen-bond acceptors (Lipinski definition) is 14. The van der Waals surface area contributed by atoms with E-state index in [-0.39, 0.29) is 50.5 Å². The van der Waals surface area contributed by atoms with E-state index in [2.05, 4.69) is 42.2 Å². The van der Waals surface area contributed by atoms with Gasteiger partial charge < -0.3 is 81.8 Å². The summed E-state index contributed by atoms with van der Waals surface area (Å²) in [4.78, 5) is 107. The van der Waals surface area contributed by atoms with Gasteiger partial charge in [0, 0.05) is 13.5 Å². The lowest BCUT2D eigenvalue weighted by Crippen LogP contribution is -2.60. The van der Waals surface area contributed by atoms with Crippen molar-refractivity contribution in [2.75, 3.05) is 39.3 Å². The number of unbranched alkanes of at least 4 members (excludes halogenated alkanes) is 4. The Labute approximate surface area is 388 Å². The van der Waals surface area contributed by atoms with Gasteiger partial charge in [0.15, 0.2) is 5.96 Å². The molecule has 1 saturated heterocycles. The molecule has 0 aromatic rings. The molecule has 1 heterocycles. The average Bonchev–Trinajstić information content (AvgIpc) is 3.80. The first kappa shape index (κ1) is 60.8. The van der Waals surface area contributed by atoms with Crippen molar-refractivity contribution in [3.63, 3.8) is 0 Å². The Bertz CT molecular complexity index is 1510. The van der Waals surface area contributed by atoms with Gasteiger partial charge in [0.25, 0.3) is 5.97 Å². The zero-order chi connectivity index (χ0) is 50.0. The minimum atomic E-state index is -1.25. The van der Waals surface area contributed by atoms with Gasteiger partial charge in [-0.25, -0.2) is 4.79 Å². The van der Waals surface area contributed by atoms with Gasteiger partial charge in [-0.3, -0.25) is 38.6 Å². The zero-order valence-electron chi connectivity index (χ0n) is 39.2. The standard InChI is InChI=1S/C40H78N14O8.C2H4O2/c1-25(2)32(39(61)62)54-38(60)30(16-6-10-22-44)52-37(59)31(18-12-24-48-40(45)46)53-36(58)29(15-5-9-21-43)51-35(57)28(14-4-8-20-42)50-34(56)27(13-3-7-19-41)49-33(55)26-17-11-23-47-26;1-2(3)4/h25-32,47H,3-24,41-44H2,1-2H3,(H,49,55)(H,50,56)(H,51,57)(H,52,59)(H,53,58)(H,54,60)(H,61,62)(H4,45,46,48);1H3,(H,3,4). The number of hydrogen-bond donors (Lipinski definition) is 15. The van der Waals surface area contributed by atoms with Crippen LogP contribution in [-0.4, -0.2) is 145 Å². The number of nitrogens with two attached hydrogens (primary N) is 6. The number of carboxylic acid groups (broad SMARTS) is 2. The minimum absolute atomic E-state index is 0.0180. The number of amides is 6. The Balaban J connectivity index is 0.0000101. The van der Waals surface area contributed by atoms with Crippen molar-refractivity contribution in [1.29, 1.82) is 0 Å². The van der Waals surface area contributed by atoms with Crippen molar-refractivity contribution < 1.29 is 48.6 Å². The quantitative estimate of drug-likeness (QED) is 0.0174. The summed E-state index contributed by atoms with van der Waals surface area (Å²) in [7, 11) is 0. The molecule has 1 fully saturated rings. The topological polar surface area (TPSA) is 430 Å². The smallest absolute Gasteiger partial charge is 0.326 e. The van der Waals surface area contributed by atoms with Crippen LogP contribution in [0.2, 0.25) is 0 Å². The van der Waals surface area contributed by atoms with Crippen molar-refractivity contribution in [1.82, 2.24) is 37.2 Å². The first-order chi connectivity index (χ1) is 31.3. The van der Waals surface area contributed by atoms with Crippen molar-refractivity contribution in [3.8, 4) is 0 Å². The van der Waals surface area contributed by atoms with E-state index in [0.29, 0.717) is 96.9 Å². The Morgan fingerprint density at radius 3 is 1.18 bits per heavy atom. The van der Waals surface area contributed by atoms with E-state index >= 15 is 0 Å². The monoisotopic (exact) mass is 943 g/mol. The van der Waals surface area contributed by atoms with Crippen LogP contribution in [0.15, 0.2) is 4.99 Å². The molecule has 24 nitrogen and oxygen atoms in total. The number of aliphatic carboxylic acids is 2. The van der Waals surface area contributed by atoms with E-state index in [4.69, 9.17) is 44.3 Å². The molecular formula is C42H82N14O10. The van der Waals surface area contributed by atoms with E-state index in [0.717, 1.165) is 13.3 Å². The van der Waals surface area contributed by atoms with Gasteiger partial charge in [-0.1, -0.05) is 13.8 Å². The number of guanidine groups is 1. The van der Waals surface area contributed by atoms with Crippen LogP contribution in [0.4, 0.5) is 0 Å². The predicted octanol–water partition coefficient (Wildman–Crippen LogP) is -2.95. The molecule has 380 valence electrons. The second-order valence-corrected chi connectivity index (χ2v) is 16.6. The van der Waals surface area contributed by atoms with E-state index < -0.39 is 89.7 Å². The van der Waals surface area contributed by atoms with Crippen molar-refractivity contribution in [2.45, 2.75) is 166 Å². The summed E-state index contributed by atoms with van der Waals surface area (Å²) in [6, 6.07) is -7.29. The molecule has 66 heavy (non-hydrogen) atoms. The van der Waals surface area contributed by atoms with Crippen LogP contribution in [-0.2, 0) is 38.4 Å². The van der Waals surface area contributed by atoms with E-state index in [9.17, 15) is 38.7 Å². The summed E-state index contributed by atoms with van der Waals surface area (Å²) in [6.45, 7) is 6.55. The van der Waals surface area contributed by atoms with Crippen LogP contribution in [0.3, 0.4) is 0 Å². The van der Waals surface area contributed by atoms with Gasteiger partial charge in [-0.2, -0.15) is 0 Å². The summed E-state index contributed by atoms with van der Waals surface area (Å²) in [5.74, 6) is -6.38. The highest BCUT2D eigenvalue weighted by Gasteiger charge is 2.34. The highest BCUT2D eigenvalue weighted by Crippen LogP contribution is 2.12. The van der Waals surface area contributed by atoms with Gasteiger partial charge in [0.05, 0.1) is 6.04 Å². The molecule has 7 atom stereocenters. The zero-order valence-corrected chi connectivity index (χ0v) is 39.2. The largest absolute Gasteiger partial charge is 0.481 e. The van der Waals surface area contributed by atoms with Crippen LogP contribution < -0.4 is 71.6 Å². The van der Waals surface area contributed by atoms with Gasteiger partial charge >= 0.3 is 5.97 Å². The van der Waals surface area contributed by atoms with Crippen molar-refractivity contribution in [3.05, 3.63) is 0 Å². The maximum atomic E-state index is 14.1. The Kier molecular flexibility index (Phi) is 33.2. The fraction of sp³-hybridized carbons (Fsp3) is 0.786. The van der Waals surface area contributed by atoms with Crippen molar-refractivity contribution >= 4 is 53.3 Å². The Morgan fingerprint density at radius 2 is 0.894 bits per heavy atom. The lowest BCUT2D eigenvalue weighted by molar-refractivity contribution is -0.143. The number of carbonyl (C=O) groups is 8. The molecule has 0 saturated carbocycles. The van der Waals surface area contributed by atoms with Crippen LogP contribution >= 0.6 is 0 Å². The molecule has 1 rings (SSSR count). The first-order valence-electron chi connectivity index (χ1n) is 23.2. The minimum Gasteiger partial charge on any atom is -0.481 e. The molecule has 0 aromatic carbocycles. The molecule has 0 aliphatic carbocycles. The molecule has 1 aliphatic rings. The summed E-state index contributed by atoms with van der Waals surface area (Å²) >= 11 is 0. The number of nitrogens with zero attached hydrogens (tertiary/aromatic N) is 1. The van der Waals surface area contributed by atoms with E-state index in [1.54, 1.807) is 13.8 Å². The predicted molar refractivity (Wildman–Crippen MR) is 250 cm³/mol. The molecule has 6 amide bonds. The van der Waals surface area contributed by atoms with Gasteiger partial charge in [0.1, 0.15) is 36.3 Å². The SMILES string of the molecule is CC(=O)O.CC(C)C(NC(=O)C(CCCCN)NC(=O)C(CCCN=C(N)N)NC(=O)C(CCCCN)NC(=O)C(CCCCN)NC(=O)C(CCCCN)NC(=O)C1CCCN1)C(=O)O. The maximum Gasteiger partial charge on any atom is 0.326 e. The fourth-order valence-corrected chi connectivity index (χ4v) is 6.86. The van der Waals surface area contributed by atoms with E-state index in [1.807, 2.05) is 0 Å². The average molecular weight is 943 g/mol. The number of carboxylic acids is 2. The second-order valence-electron chi connectivity index (χ2n) is 16.6. The normalized spacial score (nSPS) is 15.8. The van der Waals surface area contributed by atoms with Crippen LogP contribution in [0.1, 0.15) is 124 Å². The lowest BCUT2D eigenvalue weighted by atomic mass is 10.0. The molecular weight excluding hydrogens is 861 g/mol. The van der Waals surface area contributed by atoms with Gasteiger partial charge in [0.2, 0.25) is 35.4 Å². The summed E-state index contributed by atoms with van der Waals surface area (Å²) in [5, 5.41) is 36.6. The molecule has 1 aliphatic heterocycles. The van der Waals surface area contributed by atoms with Crippen LogP contribution in [0.5, 0.6) is 0 Å². The van der Waals surface area contributed by atoms with Gasteiger partial charge in [-0.15, -0.1) is 0 Å². The van der Waals surface area contributed by atoms with Gasteiger partial charge in [-0.05, 0) is 141 Å². The number of carbonyl (C=O) groups excluding carboxylic acids is 6. The third-order valence-electron chi connectivity index (χ3n) is 10.5. The third-order valence-corrected chi connectivity index (χ3v) is 10.5.